The Balaban J connectivity index is 1.98. The van der Waals surface area contributed by atoms with Crippen LogP contribution < -0.4 is 4.74 Å². The second-order valence-corrected chi connectivity index (χ2v) is 5.28. The third-order valence-corrected chi connectivity index (χ3v) is 3.45. The molecule has 3 aromatic carbocycles. The third kappa shape index (κ3) is 3.78. The van der Waals surface area contributed by atoms with Gasteiger partial charge < -0.3 is 4.74 Å². The first kappa shape index (κ1) is 14.4. The Bertz CT molecular complexity index is 747. The van der Waals surface area contributed by atoms with Gasteiger partial charge in [0.2, 0.25) is 0 Å². The van der Waals surface area contributed by atoms with Crippen molar-refractivity contribution in [2.24, 2.45) is 0 Å². The summed E-state index contributed by atoms with van der Waals surface area (Å²) in [5.74, 6) is 1.59. The number of ether oxygens (including phenoxy) is 1. The highest BCUT2D eigenvalue weighted by atomic mass is 35.5. The molecule has 0 amide bonds. The van der Waals surface area contributed by atoms with E-state index in [9.17, 15) is 0 Å². The fourth-order valence-electron chi connectivity index (χ4n) is 2.10. The fourth-order valence-corrected chi connectivity index (χ4v) is 2.23. The normalized spacial score (nSPS) is 11.2. The summed E-state index contributed by atoms with van der Waals surface area (Å²) in [6.45, 7) is 0. The molecule has 0 saturated heterocycles. The van der Waals surface area contributed by atoms with Crippen molar-refractivity contribution in [2.75, 3.05) is 0 Å². The molecule has 108 valence electrons. The maximum absolute atomic E-state index is 6.06. The van der Waals surface area contributed by atoms with Crippen LogP contribution in [0.4, 0.5) is 0 Å². The van der Waals surface area contributed by atoms with Gasteiger partial charge in [-0.3, -0.25) is 0 Å². The Kier molecular flexibility index (Phi) is 4.57. The first-order valence-corrected chi connectivity index (χ1v) is 7.45. The topological polar surface area (TPSA) is 9.23 Å². The average Bonchev–Trinajstić information content (AvgIpc) is 2.57. The van der Waals surface area contributed by atoms with Gasteiger partial charge in [-0.2, -0.15) is 0 Å². The standard InChI is InChI=1S/C20H15ClO/c21-18-13-11-17(12-14-18)20(15-16-7-3-1-4-8-16)22-19-9-5-2-6-10-19/h1-15H/b20-15-. The summed E-state index contributed by atoms with van der Waals surface area (Å²) in [5.41, 5.74) is 2.07. The maximum atomic E-state index is 6.06. The SMILES string of the molecule is Clc1ccc(/C(=C/c2ccccc2)Oc2ccccc2)cc1. The minimum atomic E-state index is 0.711. The van der Waals surface area contributed by atoms with E-state index >= 15 is 0 Å². The fraction of sp³-hybridized carbons (Fsp3) is 0. The predicted octanol–water partition coefficient (Wildman–Crippen LogP) is 5.92. The van der Waals surface area contributed by atoms with E-state index in [-0.39, 0.29) is 0 Å². The zero-order valence-electron chi connectivity index (χ0n) is 11.9. The summed E-state index contributed by atoms with van der Waals surface area (Å²) in [6, 6.07) is 27.5. The zero-order chi connectivity index (χ0) is 15.2. The molecule has 0 aliphatic carbocycles. The molecule has 0 unspecified atom stereocenters. The van der Waals surface area contributed by atoms with Crippen LogP contribution in [0.1, 0.15) is 11.1 Å². The van der Waals surface area contributed by atoms with Crippen LogP contribution in [0, 0.1) is 0 Å². The van der Waals surface area contributed by atoms with Gasteiger partial charge in [0.25, 0.3) is 0 Å². The van der Waals surface area contributed by atoms with Gasteiger partial charge in [0.05, 0.1) is 0 Å². The first-order chi connectivity index (χ1) is 10.8. The van der Waals surface area contributed by atoms with E-state index in [1.54, 1.807) is 0 Å². The lowest BCUT2D eigenvalue weighted by atomic mass is 10.1. The predicted molar refractivity (Wildman–Crippen MR) is 92.8 cm³/mol. The summed E-state index contributed by atoms with van der Waals surface area (Å²) in [5, 5.41) is 0.711. The van der Waals surface area contributed by atoms with Crippen LogP contribution in [0.5, 0.6) is 5.75 Å². The van der Waals surface area contributed by atoms with Gasteiger partial charge in [-0.1, -0.05) is 60.1 Å². The van der Waals surface area contributed by atoms with E-state index in [1.165, 1.54) is 0 Å². The van der Waals surface area contributed by atoms with Crippen LogP contribution in [0.3, 0.4) is 0 Å². The molecule has 3 aromatic rings. The van der Waals surface area contributed by atoms with Crippen LogP contribution in [-0.4, -0.2) is 0 Å². The minimum absolute atomic E-state index is 0.711. The van der Waals surface area contributed by atoms with E-state index in [0.717, 1.165) is 22.6 Å². The lowest BCUT2D eigenvalue weighted by Gasteiger charge is -2.11. The largest absolute Gasteiger partial charge is 0.457 e. The Hall–Kier alpha value is -2.51. The number of hydrogen-bond acceptors (Lipinski definition) is 1. The van der Waals surface area contributed by atoms with Crippen molar-refractivity contribution in [2.45, 2.75) is 0 Å². The minimum Gasteiger partial charge on any atom is -0.457 e. The molecule has 0 aliphatic rings. The summed E-state index contributed by atoms with van der Waals surface area (Å²) in [4.78, 5) is 0. The van der Waals surface area contributed by atoms with Gasteiger partial charge in [0, 0.05) is 10.6 Å². The van der Waals surface area contributed by atoms with E-state index in [1.807, 2.05) is 91.0 Å². The van der Waals surface area contributed by atoms with Gasteiger partial charge in [-0.05, 0) is 48.0 Å². The van der Waals surface area contributed by atoms with Crippen molar-refractivity contribution < 1.29 is 4.74 Å². The highest BCUT2D eigenvalue weighted by molar-refractivity contribution is 6.30. The van der Waals surface area contributed by atoms with Crippen molar-refractivity contribution in [1.29, 1.82) is 0 Å². The monoisotopic (exact) mass is 306 g/mol. The molecule has 0 atom stereocenters. The molecule has 0 aliphatic heterocycles. The van der Waals surface area contributed by atoms with Crippen molar-refractivity contribution in [1.82, 2.24) is 0 Å². The average molecular weight is 307 g/mol. The Morgan fingerprint density at radius 2 is 1.32 bits per heavy atom. The number of rotatable bonds is 4. The third-order valence-electron chi connectivity index (χ3n) is 3.20. The van der Waals surface area contributed by atoms with Gasteiger partial charge >= 0.3 is 0 Å². The quantitative estimate of drug-likeness (QED) is 0.429. The summed E-state index contributed by atoms with van der Waals surface area (Å²) in [7, 11) is 0. The molecule has 3 rings (SSSR count). The zero-order valence-corrected chi connectivity index (χ0v) is 12.7. The molecular formula is C20H15ClO. The number of para-hydroxylation sites is 1. The molecule has 0 aromatic heterocycles. The lowest BCUT2D eigenvalue weighted by Crippen LogP contribution is -1.95. The van der Waals surface area contributed by atoms with Crippen LogP contribution in [0.25, 0.3) is 11.8 Å². The molecule has 0 spiro atoms. The van der Waals surface area contributed by atoms with Crippen LogP contribution in [0.15, 0.2) is 84.9 Å². The molecular weight excluding hydrogens is 292 g/mol. The second-order valence-electron chi connectivity index (χ2n) is 4.84. The van der Waals surface area contributed by atoms with Crippen molar-refractivity contribution >= 4 is 23.4 Å². The summed E-state index contributed by atoms with van der Waals surface area (Å²) in [6.07, 6.45) is 2.02. The van der Waals surface area contributed by atoms with Crippen LogP contribution in [-0.2, 0) is 0 Å². The molecule has 2 heteroatoms. The van der Waals surface area contributed by atoms with Crippen LogP contribution >= 0.6 is 11.6 Å². The van der Waals surface area contributed by atoms with Gasteiger partial charge in [-0.15, -0.1) is 0 Å². The first-order valence-electron chi connectivity index (χ1n) is 7.07. The van der Waals surface area contributed by atoms with E-state index in [0.29, 0.717) is 5.02 Å². The lowest BCUT2D eigenvalue weighted by molar-refractivity contribution is 0.518. The molecule has 22 heavy (non-hydrogen) atoms. The number of hydrogen-bond donors (Lipinski definition) is 0. The van der Waals surface area contributed by atoms with Crippen molar-refractivity contribution in [3.05, 3.63) is 101 Å². The second kappa shape index (κ2) is 6.97. The van der Waals surface area contributed by atoms with Crippen molar-refractivity contribution in [3.63, 3.8) is 0 Å². The van der Waals surface area contributed by atoms with Crippen molar-refractivity contribution in [3.8, 4) is 5.75 Å². The Labute approximate surface area is 135 Å². The molecule has 0 N–H and O–H groups in total. The molecule has 0 radical (unpaired) electrons. The number of halogens is 1. The molecule has 0 heterocycles. The summed E-state index contributed by atoms with van der Waals surface area (Å²) < 4.78 is 6.06. The highest BCUT2D eigenvalue weighted by Gasteiger charge is 2.05. The smallest absolute Gasteiger partial charge is 0.135 e. The van der Waals surface area contributed by atoms with Gasteiger partial charge in [0.1, 0.15) is 11.5 Å². The van der Waals surface area contributed by atoms with Gasteiger partial charge in [0.15, 0.2) is 0 Å². The maximum Gasteiger partial charge on any atom is 0.135 e. The Morgan fingerprint density at radius 3 is 1.95 bits per heavy atom. The van der Waals surface area contributed by atoms with E-state index in [2.05, 4.69) is 0 Å². The van der Waals surface area contributed by atoms with Gasteiger partial charge in [-0.25, -0.2) is 0 Å². The highest BCUT2D eigenvalue weighted by Crippen LogP contribution is 2.24. The number of benzene rings is 3. The molecule has 1 nitrogen and oxygen atoms in total. The summed E-state index contributed by atoms with van der Waals surface area (Å²) >= 11 is 5.98. The Morgan fingerprint density at radius 1 is 0.727 bits per heavy atom. The van der Waals surface area contributed by atoms with E-state index < -0.39 is 0 Å². The molecule has 0 saturated carbocycles. The molecule has 0 fully saturated rings. The van der Waals surface area contributed by atoms with E-state index in [4.69, 9.17) is 16.3 Å². The molecule has 0 bridgehead atoms. The van der Waals surface area contributed by atoms with Crippen LogP contribution in [0.2, 0.25) is 5.02 Å².